The molecule has 1 aliphatic heterocycles. The Morgan fingerprint density at radius 2 is 1.70 bits per heavy atom. The fourth-order valence-electron chi connectivity index (χ4n) is 3.68. The summed E-state index contributed by atoms with van der Waals surface area (Å²) in [5.41, 5.74) is 3.14. The van der Waals surface area contributed by atoms with Crippen molar-refractivity contribution in [2.24, 2.45) is 5.92 Å². The number of phenols is 1. The number of hydrogen-bond donors (Lipinski definition) is 1. The summed E-state index contributed by atoms with van der Waals surface area (Å²) in [7, 11) is 0. The molecule has 0 saturated heterocycles. The van der Waals surface area contributed by atoms with Gasteiger partial charge in [-0.05, 0) is 54.5 Å². The molecular weight excluding hydrogens is 290 g/mol. The van der Waals surface area contributed by atoms with Crippen molar-refractivity contribution in [1.29, 1.82) is 0 Å². The standard InChI is InChI=1S/C19H17NO3/c21-17-7-3-4-13-10-12(8-9-14(13)17)11-20-18(22)15-5-1-2-6-16(15)19(20)23/h1-7,12,21H,8-11H2. The Balaban J connectivity index is 1.54. The molecule has 4 nitrogen and oxygen atoms in total. The second-order valence-electron chi connectivity index (χ2n) is 6.29. The van der Waals surface area contributed by atoms with Gasteiger partial charge in [0.05, 0.1) is 11.1 Å². The highest BCUT2D eigenvalue weighted by Gasteiger charge is 2.36. The van der Waals surface area contributed by atoms with Crippen LogP contribution in [0.15, 0.2) is 42.5 Å². The molecule has 0 bridgehead atoms. The number of benzene rings is 2. The van der Waals surface area contributed by atoms with Gasteiger partial charge in [0.25, 0.3) is 11.8 Å². The Hall–Kier alpha value is -2.62. The number of rotatable bonds is 2. The molecule has 116 valence electrons. The summed E-state index contributed by atoms with van der Waals surface area (Å²) in [6.07, 6.45) is 2.45. The van der Waals surface area contributed by atoms with E-state index in [-0.39, 0.29) is 17.7 Å². The molecule has 0 aromatic heterocycles. The highest BCUT2D eigenvalue weighted by atomic mass is 16.3. The third-order valence-electron chi connectivity index (χ3n) is 4.88. The van der Waals surface area contributed by atoms with Crippen molar-refractivity contribution in [2.45, 2.75) is 19.3 Å². The third-order valence-corrected chi connectivity index (χ3v) is 4.88. The highest BCUT2D eigenvalue weighted by molar-refractivity contribution is 6.21. The summed E-state index contributed by atoms with van der Waals surface area (Å²) in [5.74, 6) is 0.216. The Morgan fingerprint density at radius 1 is 1.00 bits per heavy atom. The van der Waals surface area contributed by atoms with Gasteiger partial charge in [0, 0.05) is 6.54 Å². The molecule has 1 aliphatic carbocycles. The van der Waals surface area contributed by atoms with Crippen molar-refractivity contribution in [3.05, 3.63) is 64.7 Å². The molecule has 4 heteroatoms. The normalized spacial score (nSPS) is 19.7. The SMILES string of the molecule is O=C1c2ccccc2C(=O)N1CC1CCc2c(O)cccc2C1. The zero-order chi connectivity index (χ0) is 16.0. The van der Waals surface area contributed by atoms with E-state index in [2.05, 4.69) is 0 Å². The van der Waals surface area contributed by atoms with Crippen molar-refractivity contribution in [3.8, 4) is 5.75 Å². The summed E-state index contributed by atoms with van der Waals surface area (Å²) in [6, 6.07) is 12.6. The minimum Gasteiger partial charge on any atom is -0.508 e. The summed E-state index contributed by atoms with van der Waals surface area (Å²) in [4.78, 5) is 26.3. The molecule has 2 amide bonds. The second kappa shape index (κ2) is 5.23. The van der Waals surface area contributed by atoms with Crippen molar-refractivity contribution >= 4 is 11.8 Å². The van der Waals surface area contributed by atoms with Crippen LogP contribution in [0.4, 0.5) is 0 Å². The highest BCUT2D eigenvalue weighted by Crippen LogP contribution is 2.33. The number of phenolic OH excluding ortho intramolecular Hbond substituents is 1. The first-order chi connectivity index (χ1) is 11.1. The van der Waals surface area contributed by atoms with Gasteiger partial charge in [0.1, 0.15) is 5.75 Å². The van der Waals surface area contributed by atoms with E-state index in [1.807, 2.05) is 12.1 Å². The topological polar surface area (TPSA) is 57.6 Å². The molecule has 1 N–H and O–H groups in total. The van der Waals surface area contributed by atoms with Crippen LogP contribution >= 0.6 is 0 Å². The largest absolute Gasteiger partial charge is 0.508 e. The lowest BCUT2D eigenvalue weighted by Crippen LogP contribution is -2.36. The maximum absolute atomic E-state index is 12.4. The van der Waals surface area contributed by atoms with Gasteiger partial charge >= 0.3 is 0 Å². The van der Waals surface area contributed by atoms with Crippen molar-refractivity contribution in [3.63, 3.8) is 0 Å². The zero-order valence-corrected chi connectivity index (χ0v) is 12.7. The smallest absolute Gasteiger partial charge is 0.261 e. The van der Waals surface area contributed by atoms with E-state index in [1.165, 1.54) is 4.90 Å². The third kappa shape index (κ3) is 2.22. The van der Waals surface area contributed by atoms with Crippen LogP contribution in [0.5, 0.6) is 5.75 Å². The van der Waals surface area contributed by atoms with Gasteiger partial charge in [-0.25, -0.2) is 0 Å². The Kier molecular flexibility index (Phi) is 3.18. The first-order valence-corrected chi connectivity index (χ1v) is 7.90. The fourth-order valence-corrected chi connectivity index (χ4v) is 3.68. The quantitative estimate of drug-likeness (QED) is 0.868. The molecule has 0 spiro atoms. The van der Waals surface area contributed by atoms with Crippen LogP contribution in [0.3, 0.4) is 0 Å². The summed E-state index contributed by atoms with van der Waals surface area (Å²) >= 11 is 0. The number of imide groups is 1. The molecule has 0 saturated carbocycles. The van der Waals surface area contributed by atoms with Crippen LogP contribution in [-0.4, -0.2) is 28.4 Å². The van der Waals surface area contributed by atoms with E-state index in [9.17, 15) is 14.7 Å². The Morgan fingerprint density at radius 3 is 2.39 bits per heavy atom. The molecule has 2 aliphatic rings. The predicted molar refractivity (Wildman–Crippen MR) is 85.4 cm³/mol. The van der Waals surface area contributed by atoms with Crippen molar-refractivity contribution in [2.75, 3.05) is 6.54 Å². The maximum Gasteiger partial charge on any atom is 0.261 e. The minimum atomic E-state index is -0.188. The first-order valence-electron chi connectivity index (χ1n) is 7.90. The fraction of sp³-hybridized carbons (Fsp3) is 0.263. The van der Waals surface area contributed by atoms with E-state index < -0.39 is 0 Å². The number of fused-ring (bicyclic) bond motifs is 2. The van der Waals surface area contributed by atoms with Crippen LogP contribution in [-0.2, 0) is 12.8 Å². The van der Waals surface area contributed by atoms with Gasteiger partial charge in [-0.3, -0.25) is 14.5 Å². The average molecular weight is 307 g/mol. The van der Waals surface area contributed by atoms with Crippen molar-refractivity contribution in [1.82, 2.24) is 4.90 Å². The minimum absolute atomic E-state index is 0.188. The second-order valence-corrected chi connectivity index (χ2v) is 6.29. The molecule has 1 unspecified atom stereocenters. The van der Waals surface area contributed by atoms with Crippen molar-refractivity contribution < 1.29 is 14.7 Å². The van der Waals surface area contributed by atoms with E-state index in [0.29, 0.717) is 23.4 Å². The van der Waals surface area contributed by atoms with E-state index in [4.69, 9.17) is 0 Å². The molecule has 2 aromatic rings. The Labute approximate surface area is 134 Å². The number of aromatic hydroxyl groups is 1. The number of nitrogens with zero attached hydrogens (tertiary/aromatic N) is 1. The number of amides is 2. The monoisotopic (exact) mass is 307 g/mol. The number of hydrogen-bond acceptors (Lipinski definition) is 3. The molecule has 4 rings (SSSR count). The van der Waals surface area contributed by atoms with Gasteiger partial charge in [-0.1, -0.05) is 24.3 Å². The summed E-state index contributed by atoms with van der Waals surface area (Å²) < 4.78 is 0. The van der Waals surface area contributed by atoms with Crippen LogP contribution in [0.25, 0.3) is 0 Å². The molecule has 0 radical (unpaired) electrons. The van der Waals surface area contributed by atoms with Crippen LogP contribution in [0.1, 0.15) is 38.3 Å². The molecule has 23 heavy (non-hydrogen) atoms. The lowest BCUT2D eigenvalue weighted by molar-refractivity contribution is 0.0624. The van der Waals surface area contributed by atoms with Crippen LogP contribution < -0.4 is 0 Å². The lowest BCUT2D eigenvalue weighted by atomic mass is 9.83. The molecule has 2 aromatic carbocycles. The number of carbonyl (C=O) groups is 2. The lowest BCUT2D eigenvalue weighted by Gasteiger charge is -2.28. The molecule has 1 heterocycles. The van der Waals surface area contributed by atoms with Crippen LogP contribution in [0.2, 0.25) is 0 Å². The van der Waals surface area contributed by atoms with Crippen LogP contribution in [0, 0.1) is 5.92 Å². The summed E-state index contributed by atoms with van der Waals surface area (Å²) in [6.45, 7) is 0.446. The van der Waals surface area contributed by atoms with E-state index in [0.717, 1.165) is 30.4 Å². The first kappa shape index (κ1) is 14.0. The number of carbonyl (C=O) groups excluding carboxylic acids is 2. The van der Waals surface area contributed by atoms with E-state index >= 15 is 0 Å². The Bertz CT molecular complexity index is 777. The molecule has 0 fully saturated rings. The summed E-state index contributed by atoms with van der Waals surface area (Å²) in [5, 5.41) is 9.91. The van der Waals surface area contributed by atoms with Gasteiger partial charge in [-0.15, -0.1) is 0 Å². The van der Waals surface area contributed by atoms with Gasteiger partial charge in [0.15, 0.2) is 0 Å². The van der Waals surface area contributed by atoms with Gasteiger partial charge < -0.3 is 5.11 Å². The van der Waals surface area contributed by atoms with Gasteiger partial charge in [0.2, 0.25) is 0 Å². The molecule has 1 atom stereocenters. The maximum atomic E-state index is 12.4. The average Bonchev–Trinajstić information content (AvgIpc) is 2.81. The predicted octanol–water partition coefficient (Wildman–Crippen LogP) is 2.79. The zero-order valence-electron chi connectivity index (χ0n) is 12.7. The van der Waals surface area contributed by atoms with E-state index in [1.54, 1.807) is 30.3 Å². The molecular formula is C19H17NO3. The van der Waals surface area contributed by atoms with Gasteiger partial charge in [-0.2, -0.15) is 0 Å².